The topological polar surface area (TPSA) is 12.0 Å². The molecule has 2 atom stereocenters. The lowest BCUT2D eigenvalue weighted by Crippen LogP contribution is -2.40. The molecule has 0 aliphatic carbocycles. The van der Waals surface area contributed by atoms with Gasteiger partial charge in [-0.05, 0) is 38.1 Å². The van der Waals surface area contributed by atoms with E-state index in [0.29, 0.717) is 5.54 Å². The van der Waals surface area contributed by atoms with Crippen molar-refractivity contribution in [3.8, 4) is 0 Å². The van der Waals surface area contributed by atoms with Crippen LogP contribution in [0.2, 0.25) is 0 Å². The first kappa shape index (κ1) is 11.0. The Morgan fingerprint density at radius 2 is 2.15 bits per heavy atom. The van der Waals surface area contributed by atoms with Gasteiger partial charge in [-0.25, -0.2) is 0 Å². The van der Waals surface area contributed by atoms with Gasteiger partial charge < -0.3 is 5.32 Å². The normalized spacial score (nSPS) is 30.7. The summed E-state index contributed by atoms with van der Waals surface area (Å²) < 4.78 is 0. The number of hydrogen-bond acceptors (Lipinski definition) is 1. The first-order valence-electron chi connectivity index (χ1n) is 5.97. The van der Waals surface area contributed by atoms with E-state index in [2.05, 4.69) is 26.1 Å². The van der Waals surface area contributed by atoms with E-state index in [9.17, 15) is 0 Å². The maximum Gasteiger partial charge on any atom is 0.0181 e. The van der Waals surface area contributed by atoms with Crippen LogP contribution in [0.25, 0.3) is 0 Å². The fourth-order valence-corrected chi connectivity index (χ4v) is 2.75. The van der Waals surface area contributed by atoms with Crippen LogP contribution >= 0.6 is 0 Å². The molecule has 1 N–H and O–H groups in total. The summed E-state index contributed by atoms with van der Waals surface area (Å²) in [6.45, 7) is 8.27. The zero-order chi connectivity index (χ0) is 9.73. The average Bonchev–Trinajstić information content (AvgIpc) is 2.54. The highest BCUT2D eigenvalue weighted by Gasteiger charge is 2.32. The first-order valence-corrected chi connectivity index (χ1v) is 5.97. The SMILES string of the molecule is CCCC(C)CC1(CC)CCCN1. The molecule has 0 aromatic carbocycles. The minimum Gasteiger partial charge on any atom is -0.311 e. The van der Waals surface area contributed by atoms with Crippen molar-refractivity contribution < 1.29 is 0 Å². The summed E-state index contributed by atoms with van der Waals surface area (Å²) in [6.07, 6.45) is 8.20. The van der Waals surface area contributed by atoms with Gasteiger partial charge >= 0.3 is 0 Å². The molecule has 13 heavy (non-hydrogen) atoms. The third kappa shape index (κ3) is 2.98. The van der Waals surface area contributed by atoms with Gasteiger partial charge in [0.2, 0.25) is 0 Å². The first-order chi connectivity index (χ1) is 6.22. The molecular weight excluding hydrogens is 158 g/mol. The smallest absolute Gasteiger partial charge is 0.0181 e. The fraction of sp³-hybridized carbons (Fsp3) is 1.00. The van der Waals surface area contributed by atoms with Gasteiger partial charge in [-0.2, -0.15) is 0 Å². The Morgan fingerprint density at radius 1 is 1.38 bits per heavy atom. The van der Waals surface area contributed by atoms with E-state index in [-0.39, 0.29) is 0 Å². The van der Waals surface area contributed by atoms with E-state index in [0.717, 1.165) is 5.92 Å². The van der Waals surface area contributed by atoms with Crippen molar-refractivity contribution in [3.05, 3.63) is 0 Å². The molecular formula is C12H25N. The molecule has 0 radical (unpaired) electrons. The van der Waals surface area contributed by atoms with Crippen molar-refractivity contribution in [1.29, 1.82) is 0 Å². The monoisotopic (exact) mass is 183 g/mol. The van der Waals surface area contributed by atoms with E-state index < -0.39 is 0 Å². The molecule has 0 amide bonds. The quantitative estimate of drug-likeness (QED) is 0.689. The van der Waals surface area contributed by atoms with E-state index in [4.69, 9.17) is 0 Å². The summed E-state index contributed by atoms with van der Waals surface area (Å²) in [5.74, 6) is 0.899. The Labute approximate surface area is 83.3 Å². The molecule has 1 aliphatic rings. The molecule has 0 spiro atoms. The minimum absolute atomic E-state index is 0.509. The number of nitrogens with one attached hydrogen (secondary N) is 1. The molecule has 0 bridgehead atoms. The number of rotatable bonds is 5. The van der Waals surface area contributed by atoms with Crippen molar-refractivity contribution in [1.82, 2.24) is 5.32 Å². The molecule has 0 aromatic rings. The fourth-order valence-electron chi connectivity index (χ4n) is 2.75. The summed E-state index contributed by atoms with van der Waals surface area (Å²) in [5, 5.41) is 3.71. The third-order valence-electron chi connectivity index (χ3n) is 3.53. The second kappa shape index (κ2) is 4.99. The van der Waals surface area contributed by atoms with Crippen molar-refractivity contribution in [2.45, 2.75) is 64.8 Å². The predicted octanol–water partition coefficient (Wildman–Crippen LogP) is 3.34. The highest BCUT2D eigenvalue weighted by molar-refractivity contribution is 4.92. The Kier molecular flexibility index (Phi) is 4.24. The van der Waals surface area contributed by atoms with E-state index in [1.165, 1.54) is 45.1 Å². The molecule has 1 rings (SSSR count). The van der Waals surface area contributed by atoms with Crippen molar-refractivity contribution in [2.24, 2.45) is 5.92 Å². The molecule has 1 heteroatoms. The summed E-state index contributed by atoms with van der Waals surface area (Å²) in [6, 6.07) is 0. The van der Waals surface area contributed by atoms with Crippen molar-refractivity contribution >= 4 is 0 Å². The van der Waals surface area contributed by atoms with E-state index >= 15 is 0 Å². The van der Waals surface area contributed by atoms with Gasteiger partial charge in [0.15, 0.2) is 0 Å². The summed E-state index contributed by atoms with van der Waals surface area (Å²) in [4.78, 5) is 0. The van der Waals surface area contributed by atoms with Crippen LogP contribution in [0.3, 0.4) is 0 Å². The van der Waals surface area contributed by atoms with Crippen LogP contribution in [0.4, 0.5) is 0 Å². The van der Waals surface area contributed by atoms with Crippen molar-refractivity contribution in [3.63, 3.8) is 0 Å². The molecule has 0 aromatic heterocycles. The molecule has 0 saturated carbocycles. The third-order valence-corrected chi connectivity index (χ3v) is 3.53. The van der Waals surface area contributed by atoms with Gasteiger partial charge in [-0.1, -0.05) is 33.6 Å². The summed E-state index contributed by atoms with van der Waals surface area (Å²) in [5.41, 5.74) is 0.509. The molecule has 2 unspecified atom stereocenters. The van der Waals surface area contributed by atoms with Gasteiger partial charge in [-0.3, -0.25) is 0 Å². The Balaban J connectivity index is 2.38. The van der Waals surface area contributed by atoms with E-state index in [1.807, 2.05) is 0 Å². The zero-order valence-corrected chi connectivity index (χ0v) is 9.53. The van der Waals surface area contributed by atoms with Crippen LogP contribution in [-0.4, -0.2) is 12.1 Å². The Bertz CT molecular complexity index is 136. The lowest BCUT2D eigenvalue weighted by atomic mass is 9.83. The zero-order valence-electron chi connectivity index (χ0n) is 9.53. The molecule has 1 saturated heterocycles. The average molecular weight is 183 g/mol. The highest BCUT2D eigenvalue weighted by atomic mass is 15.0. The second-order valence-electron chi connectivity index (χ2n) is 4.76. The van der Waals surface area contributed by atoms with Crippen molar-refractivity contribution in [2.75, 3.05) is 6.54 Å². The second-order valence-corrected chi connectivity index (χ2v) is 4.76. The summed E-state index contributed by atoms with van der Waals surface area (Å²) in [7, 11) is 0. The molecule has 1 fully saturated rings. The molecule has 1 heterocycles. The van der Waals surface area contributed by atoms with E-state index in [1.54, 1.807) is 0 Å². The Hall–Kier alpha value is -0.0400. The van der Waals surface area contributed by atoms with Crippen LogP contribution in [0.5, 0.6) is 0 Å². The van der Waals surface area contributed by atoms with Crippen LogP contribution in [0.15, 0.2) is 0 Å². The van der Waals surface area contributed by atoms with Crippen LogP contribution in [0.1, 0.15) is 59.3 Å². The van der Waals surface area contributed by atoms with Gasteiger partial charge in [0.25, 0.3) is 0 Å². The minimum atomic E-state index is 0.509. The molecule has 1 nitrogen and oxygen atoms in total. The van der Waals surface area contributed by atoms with Gasteiger partial charge in [0.1, 0.15) is 0 Å². The maximum atomic E-state index is 3.71. The van der Waals surface area contributed by atoms with Crippen LogP contribution in [-0.2, 0) is 0 Å². The van der Waals surface area contributed by atoms with Crippen LogP contribution < -0.4 is 5.32 Å². The maximum absolute atomic E-state index is 3.71. The standard InChI is InChI=1S/C12H25N/c1-4-7-11(3)10-12(5-2)8-6-9-13-12/h11,13H,4-10H2,1-3H3. The summed E-state index contributed by atoms with van der Waals surface area (Å²) >= 11 is 0. The highest BCUT2D eigenvalue weighted by Crippen LogP contribution is 2.31. The molecule has 78 valence electrons. The molecule has 1 aliphatic heterocycles. The van der Waals surface area contributed by atoms with Gasteiger partial charge in [0.05, 0.1) is 0 Å². The largest absolute Gasteiger partial charge is 0.311 e. The Morgan fingerprint density at radius 3 is 2.62 bits per heavy atom. The number of hydrogen-bond donors (Lipinski definition) is 1. The lowest BCUT2D eigenvalue weighted by Gasteiger charge is -2.31. The van der Waals surface area contributed by atoms with Crippen LogP contribution in [0, 0.1) is 5.92 Å². The predicted molar refractivity (Wildman–Crippen MR) is 58.9 cm³/mol. The lowest BCUT2D eigenvalue weighted by molar-refractivity contribution is 0.275. The van der Waals surface area contributed by atoms with Gasteiger partial charge in [0, 0.05) is 5.54 Å². The van der Waals surface area contributed by atoms with Gasteiger partial charge in [-0.15, -0.1) is 0 Å².